The molecule has 19 heavy (non-hydrogen) atoms. The molecule has 1 saturated carbocycles. The molecule has 1 N–H and O–H groups in total. The Balaban J connectivity index is 1.55. The second kappa shape index (κ2) is 5.88. The molecule has 2 nitrogen and oxygen atoms in total. The summed E-state index contributed by atoms with van der Waals surface area (Å²) in [6.45, 7) is 4.15. The van der Waals surface area contributed by atoms with Crippen molar-refractivity contribution < 1.29 is 0 Å². The third kappa shape index (κ3) is 3.16. The molecule has 104 valence electrons. The van der Waals surface area contributed by atoms with E-state index in [9.17, 15) is 0 Å². The summed E-state index contributed by atoms with van der Waals surface area (Å²) < 4.78 is 0. The van der Waals surface area contributed by atoms with Crippen LogP contribution in [-0.4, -0.2) is 17.5 Å². The average Bonchev–Trinajstić information content (AvgIpc) is 2.85. The highest BCUT2D eigenvalue weighted by molar-refractivity contribution is 8.13. The first-order chi connectivity index (χ1) is 9.27. The maximum absolute atomic E-state index is 4.81. The van der Waals surface area contributed by atoms with Crippen molar-refractivity contribution in [1.29, 1.82) is 0 Å². The van der Waals surface area contributed by atoms with Gasteiger partial charge in [-0.25, -0.2) is 0 Å². The third-order valence-corrected chi connectivity index (χ3v) is 6.59. The van der Waals surface area contributed by atoms with Gasteiger partial charge in [-0.05, 0) is 47.1 Å². The Hall–Kier alpha value is -0.480. The summed E-state index contributed by atoms with van der Waals surface area (Å²) in [6, 6.07) is 0. The van der Waals surface area contributed by atoms with E-state index in [-0.39, 0.29) is 0 Å². The van der Waals surface area contributed by atoms with Crippen molar-refractivity contribution in [1.82, 2.24) is 5.32 Å². The van der Waals surface area contributed by atoms with E-state index in [1.54, 1.807) is 11.3 Å². The summed E-state index contributed by atoms with van der Waals surface area (Å²) in [7, 11) is 0. The molecule has 1 aromatic heterocycles. The van der Waals surface area contributed by atoms with Gasteiger partial charge in [0.05, 0.1) is 0 Å². The number of amidine groups is 1. The first-order valence-corrected chi connectivity index (χ1v) is 9.13. The zero-order valence-corrected chi connectivity index (χ0v) is 13.2. The second-order valence-corrected chi connectivity index (χ2v) is 7.61. The molecule has 1 aromatic rings. The van der Waals surface area contributed by atoms with Gasteiger partial charge in [0.1, 0.15) is 0 Å². The van der Waals surface area contributed by atoms with Gasteiger partial charge < -0.3 is 5.32 Å². The smallest absolute Gasteiger partial charge is 0.156 e. The molecular formula is C15H22N2S2. The van der Waals surface area contributed by atoms with Crippen LogP contribution in [0.2, 0.25) is 0 Å². The lowest BCUT2D eigenvalue weighted by molar-refractivity contribution is 0.232. The van der Waals surface area contributed by atoms with Crippen molar-refractivity contribution >= 4 is 28.3 Å². The van der Waals surface area contributed by atoms with Crippen LogP contribution in [-0.2, 0) is 6.54 Å². The summed E-state index contributed by atoms with van der Waals surface area (Å²) in [6.07, 6.45) is 7.03. The van der Waals surface area contributed by atoms with E-state index in [4.69, 9.17) is 4.99 Å². The minimum atomic E-state index is 0.534. The van der Waals surface area contributed by atoms with E-state index in [0.29, 0.717) is 5.41 Å². The van der Waals surface area contributed by atoms with Crippen molar-refractivity contribution in [3.63, 3.8) is 0 Å². The molecule has 0 radical (unpaired) electrons. The van der Waals surface area contributed by atoms with E-state index in [0.717, 1.165) is 18.3 Å². The van der Waals surface area contributed by atoms with Gasteiger partial charge in [0.15, 0.2) is 5.17 Å². The first kappa shape index (κ1) is 13.5. The summed E-state index contributed by atoms with van der Waals surface area (Å²) in [5.74, 6) is 1.27. The molecule has 0 unspecified atom stereocenters. The third-order valence-electron chi connectivity index (χ3n) is 4.38. The van der Waals surface area contributed by atoms with Crippen LogP contribution in [0.3, 0.4) is 0 Å². The van der Waals surface area contributed by atoms with E-state index in [1.165, 1.54) is 49.0 Å². The Labute approximate surface area is 124 Å². The molecular weight excluding hydrogens is 272 g/mol. The predicted molar refractivity (Wildman–Crippen MR) is 86.2 cm³/mol. The molecule has 1 aliphatic heterocycles. The summed E-state index contributed by atoms with van der Waals surface area (Å²) in [4.78, 5) is 4.81. The van der Waals surface area contributed by atoms with Gasteiger partial charge in [-0.2, -0.15) is 11.3 Å². The van der Waals surface area contributed by atoms with Gasteiger partial charge in [0.25, 0.3) is 0 Å². The number of thiophene rings is 1. The highest BCUT2D eigenvalue weighted by atomic mass is 32.2. The second-order valence-electron chi connectivity index (χ2n) is 5.90. The Morgan fingerprint density at radius 2 is 2.11 bits per heavy atom. The van der Waals surface area contributed by atoms with Gasteiger partial charge in [-0.15, -0.1) is 0 Å². The van der Waals surface area contributed by atoms with Crippen LogP contribution in [0.25, 0.3) is 0 Å². The minimum absolute atomic E-state index is 0.534. The number of thioether (sulfide) groups is 1. The first-order valence-electron chi connectivity index (χ1n) is 7.20. The van der Waals surface area contributed by atoms with E-state index < -0.39 is 0 Å². The van der Waals surface area contributed by atoms with Crippen molar-refractivity contribution in [2.75, 3.05) is 12.3 Å². The van der Waals surface area contributed by atoms with Crippen molar-refractivity contribution in [2.24, 2.45) is 10.4 Å². The average molecular weight is 294 g/mol. The van der Waals surface area contributed by atoms with Crippen LogP contribution >= 0.6 is 23.1 Å². The molecule has 1 spiro atoms. The standard InChI is InChI=1S/C15H22N2S2/c1-12-8-18-9-13(12)7-16-14-17-10-15(11-19-14)5-3-2-4-6-15/h8-9H,2-7,10-11H2,1H3,(H,16,17). The van der Waals surface area contributed by atoms with Gasteiger partial charge in [0, 0.05) is 18.8 Å². The normalized spacial score (nSPS) is 22.3. The number of hydrogen-bond donors (Lipinski definition) is 1. The van der Waals surface area contributed by atoms with Gasteiger partial charge in [0.2, 0.25) is 0 Å². The van der Waals surface area contributed by atoms with Crippen molar-refractivity contribution in [3.05, 3.63) is 21.9 Å². The molecule has 0 amide bonds. The largest absolute Gasteiger partial charge is 0.361 e. The highest BCUT2D eigenvalue weighted by Gasteiger charge is 2.34. The number of aryl methyl sites for hydroxylation is 1. The molecule has 4 heteroatoms. The van der Waals surface area contributed by atoms with E-state index in [1.807, 2.05) is 11.8 Å². The number of nitrogens with one attached hydrogen (secondary N) is 1. The highest BCUT2D eigenvalue weighted by Crippen LogP contribution is 2.41. The predicted octanol–water partition coefficient (Wildman–Crippen LogP) is 4.20. The van der Waals surface area contributed by atoms with Gasteiger partial charge in [-0.1, -0.05) is 31.0 Å². The topological polar surface area (TPSA) is 24.4 Å². The number of hydrogen-bond acceptors (Lipinski definition) is 4. The Kier molecular flexibility index (Phi) is 4.18. The zero-order valence-electron chi connectivity index (χ0n) is 11.6. The number of aliphatic imine (C=N–C) groups is 1. The van der Waals surface area contributed by atoms with E-state index >= 15 is 0 Å². The maximum Gasteiger partial charge on any atom is 0.156 e. The lowest BCUT2D eigenvalue weighted by atomic mass is 9.75. The van der Waals surface area contributed by atoms with Crippen LogP contribution < -0.4 is 5.32 Å². The lowest BCUT2D eigenvalue weighted by Crippen LogP contribution is -2.36. The van der Waals surface area contributed by atoms with Gasteiger partial charge >= 0.3 is 0 Å². The zero-order chi connectivity index (χ0) is 13.1. The SMILES string of the molecule is Cc1cscc1CNC1=NCC2(CCCCC2)CS1. The quantitative estimate of drug-likeness (QED) is 0.884. The fourth-order valence-electron chi connectivity index (χ4n) is 3.00. The van der Waals surface area contributed by atoms with E-state index in [2.05, 4.69) is 23.0 Å². The van der Waals surface area contributed by atoms with Crippen LogP contribution in [0.15, 0.2) is 15.8 Å². The maximum atomic E-state index is 4.81. The summed E-state index contributed by atoms with van der Waals surface area (Å²) in [5, 5.41) is 9.11. The summed E-state index contributed by atoms with van der Waals surface area (Å²) in [5.41, 5.74) is 3.33. The molecule has 0 atom stereocenters. The molecule has 2 heterocycles. The molecule has 0 bridgehead atoms. The number of rotatable bonds is 2. The van der Waals surface area contributed by atoms with Crippen molar-refractivity contribution in [3.8, 4) is 0 Å². The number of nitrogens with zero attached hydrogens (tertiary/aromatic N) is 1. The van der Waals surface area contributed by atoms with Gasteiger partial charge in [-0.3, -0.25) is 4.99 Å². The van der Waals surface area contributed by atoms with Crippen LogP contribution in [0.1, 0.15) is 43.2 Å². The Bertz CT molecular complexity index is 458. The molecule has 2 aliphatic rings. The molecule has 0 aromatic carbocycles. The molecule has 1 aliphatic carbocycles. The summed E-state index contributed by atoms with van der Waals surface area (Å²) >= 11 is 3.72. The Morgan fingerprint density at radius 3 is 2.74 bits per heavy atom. The molecule has 3 rings (SSSR count). The molecule has 0 saturated heterocycles. The van der Waals surface area contributed by atoms with Crippen molar-refractivity contribution in [2.45, 2.75) is 45.6 Å². The monoisotopic (exact) mass is 294 g/mol. The van der Waals surface area contributed by atoms with Crippen LogP contribution in [0.4, 0.5) is 0 Å². The lowest BCUT2D eigenvalue weighted by Gasteiger charge is -2.38. The fraction of sp³-hybridized carbons (Fsp3) is 0.667. The van der Waals surface area contributed by atoms with Crippen LogP contribution in [0.5, 0.6) is 0 Å². The molecule has 1 fully saturated rings. The minimum Gasteiger partial charge on any atom is -0.361 e. The van der Waals surface area contributed by atoms with Crippen LogP contribution in [0, 0.1) is 12.3 Å². The fourth-order valence-corrected chi connectivity index (χ4v) is 5.01. The Morgan fingerprint density at radius 1 is 1.26 bits per heavy atom.